The zero-order valence-electron chi connectivity index (χ0n) is 10.9. The van der Waals surface area contributed by atoms with Gasteiger partial charge in [0.1, 0.15) is 0 Å². The highest BCUT2D eigenvalue weighted by atomic mass is 15.1. The normalized spacial score (nSPS) is 10.1. The maximum Gasteiger partial charge on any atom is 0.0415 e. The lowest BCUT2D eigenvalue weighted by Gasteiger charge is -2.21. The Morgan fingerprint density at radius 1 is 0.889 bits per heavy atom. The van der Waals surface area contributed by atoms with Crippen molar-refractivity contribution in [1.82, 2.24) is 4.98 Å². The molecule has 0 radical (unpaired) electrons. The summed E-state index contributed by atoms with van der Waals surface area (Å²) < 4.78 is 0. The molecule has 2 aromatic rings. The molecular formula is C15H19N3. The van der Waals surface area contributed by atoms with Crippen LogP contribution >= 0.6 is 0 Å². The highest BCUT2D eigenvalue weighted by Gasteiger charge is 2.01. The Morgan fingerprint density at radius 3 is 2.00 bits per heavy atom. The summed E-state index contributed by atoms with van der Waals surface area (Å²) in [6, 6.07) is 12.4. The van der Waals surface area contributed by atoms with Crippen LogP contribution in [-0.4, -0.2) is 18.1 Å². The number of hydrogen-bond acceptors (Lipinski definition) is 3. The van der Waals surface area contributed by atoms with E-state index in [2.05, 4.69) is 53.3 Å². The Kier molecular flexibility index (Phi) is 4.18. The van der Waals surface area contributed by atoms with Crippen molar-refractivity contribution in [3.63, 3.8) is 0 Å². The van der Waals surface area contributed by atoms with Crippen molar-refractivity contribution in [3.05, 3.63) is 48.8 Å². The zero-order valence-corrected chi connectivity index (χ0v) is 10.9. The molecule has 3 nitrogen and oxygen atoms in total. The number of nitrogens with zero attached hydrogens (tertiary/aromatic N) is 2. The smallest absolute Gasteiger partial charge is 0.0415 e. The molecule has 94 valence electrons. The van der Waals surface area contributed by atoms with E-state index in [1.54, 1.807) is 12.4 Å². The van der Waals surface area contributed by atoms with E-state index in [0.29, 0.717) is 0 Å². The van der Waals surface area contributed by atoms with Gasteiger partial charge in [0.25, 0.3) is 0 Å². The molecule has 0 fully saturated rings. The van der Waals surface area contributed by atoms with Crippen LogP contribution in [0.2, 0.25) is 0 Å². The molecule has 18 heavy (non-hydrogen) atoms. The van der Waals surface area contributed by atoms with Gasteiger partial charge in [-0.15, -0.1) is 0 Å². The SMILES string of the molecule is CCN(CC)c1ccc(Nc2ccncc2)cc1. The third-order valence-electron chi connectivity index (χ3n) is 2.96. The molecule has 2 rings (SSSR count). The third kappa shape index (κ3) is 3.00. The van der Waals surface area contributed by atoms with Gasteiger partial charge in [0.05, 0.1) is 0 Å². The first kappa shape index (κ1) is 12.4. The van der Waals surface area contributed by atoms with Gasteiger partial charge in [-0.25, -0.2) is 0 Å². The average molecular weight is 241 g/mol. The fraction of sp³-hybridized carbons (Fsp3) is 0.267. The van der Waals surface area contributed by atoms with Gasteiger partial charge in [-0.3, -0.25) is 4.98 Å². The first-order valence-electron chi connectivity index (χ1n) is 6.35. The number of benzene rings is 1. The van der Waals surface area contributed by atoms with Crippen molar-refractivity contribution < 1.29 is 0 Å². The van der Waals surface area contributed by atoms with Gasteiger partial charge in [0.2, 0.25) is 0 Å². The number of aromatic nitrogens is 1. The quantitative estimate of drug-likeness (QED) is 0.865. The molecule has 0 amide bonds. The van der Waals surface area contributed by atoms with Gasteiger partial charge in [-0.2, -0.15) is 0 Å². The topological polar surface area (TPSA) is 28.2 Å². The summed E-state index contributed by atoms with van der Waals surface area (Å²) in [5.74, 6) is 0. The minimum absolute atomic E-state index is 1.04. The Balaban J connectivity index is 2.08. The minimum Gasteiger partial charge on any atom is -0.372 e. The number of rotatable bonds is 5. The summed E-state index contributed by atoms with van der Waals surface area (Å²) in [6.45, 7) is 6.42. The first-order valence-corrected chi connectivity index (χ1v) is 6.35. The fourth-order valence-corrected chi connectivity index (χ4v) is 1.95. The van der Waals surface area contributed by atoms with Crippen molar-refractivity contribution >= 4 is 17.1 Å². The Hall–Kier alpha value is -2.03. The van der Waals surface area contributed by atoms with Crippen LogP contribution in [0, 0.1) is 0 Å². The lowest BCUT2D eigenvalue weighted by Crippen LogP contribution is -2.21. The van der Waals surface area contributed by atoms with E-state index in [-0.39, 0.29) is 0 Å². The van der Waals surface area contributed by atoms with E-state index in [0.717, 1.165) is 24.5 Å². The van der Waals surface area contributed by atoms with Crippen LogP contribution in [0.25, 0.3) is 0 Å². The Morgan fingerprint density at radius 2 is 1.44 bits per heavy atom. The maximum atomic E-state index is 4.00. The van der Waals surface area contributed by atoms with Gasteiger partial charge >= 0.3 is 0 Å². The molecule has 1 heterocycles. The largest absolute Gasteiger partial charge is 0.372 e. The summed E-state index contributed by atoms with van der Waals surface area (Å²) in [4.78, 5) is 6.33. The minimum atomic E-state index is 1.04. The van der Waals surface area contributed by atoms with Crippen molar-refractivity contribution in [2.75, 3.05) is 23.3 Å². The standard InChI is InChI=1S/C15H19N3/c1-3-18(4-2)15-7-5-13(6-8-15)17-14-9-11-16-12-10-14/h5-12H,3-4H2,1-2H3,(H,16,17). The lowest BCUT2D eigenvalue weighted by molar-refractivity contribution is 0.866. The van der Waals surface area contributed by atoms with E-state index in [1.807, 2.05) is 12.1 Å². The Bertz CT molecular complexity index is 461. The summed E-state index contributed by atoms with van der Waals surface area (Å²) in [5, 5.41) is 3.35. The van der Waals surface area contributed by atoms with Crippen LogP contribution in [0.15, 0.2) is 48.8 Å². The van der Waals surface area contributed by atoms with Crippen LogP contribution in [0.5, 0.6) is 0 Å². The molecule has 1 aromatic heterocycles. The van der Waals surface area contributed by atoms with Crippen LogP contribution in [-0.2, 0) is 0 Å². The van der Waals surface area contributed by atoms with Gasteiger partial charge < -0.3 is 10.2 Å². The van der Waals surface area contributed by atoms with Crippen molar-refractivity contribution in [2.45, 2.75) is 13.8 Å². The van der Waals surface area contributed by atoms with E-state index in [4.69, 9.17) is 0 Å². The lowest BCUT2D eigenvalue weighted by atomic mass is 10.2. The highest BCUT2D eigenvalue weighted by molar-refractivity contribution is 5.62. The van der Waals surface area contributed by atoms with E-state index in [1.165, 1.54) is 5.69 Å². The number of nitrogens with one attached hydrogen (secondary N) is 1. The Labute approximate surface area is 108 Å². The molecule has 0 aliphatic rings. The average Bonchev–Trinajstić information content (AvgIpc) is 2.43. The van der Waals surface area contributed by atoms with E-state index in [9.17, 15) is 0 Å². The number of hydrogen-bond donors (Lipinski definition) is 1. The summed E-state index contributed by atoms with van der Waals surface area (Å²) in [5.41, 5.74) is 3.41. The molecule has 0 bridgehead atoms. The predicted octanol–water partition coefficient (Wildman–Crippen LogP) is 3.67. The predicted molar refractivity (Wildman–Crippen MR) is 77.5 cm³/mol. The molecule has 0 atom stereocenters. The maximum absolute atomic E-state index is 4.00. The van der Waals surface area contributed by atoms with Crippen molar-refractivity contribution in [3.8, 4) is 0 Å². The molecule has 0 aliphatic heterocycles. The fourth-order valence-electron chi connectivity index (χ4n) is 1.95. The van der Waals surface area contributed by atoms with Gasteiger partial charge in [-0.05, 0) is 50.2 Å². The summed E-state index contributed by atoms with van der Waals surface area (Å²) in [6.07, 6.45) is 3.57. The number of anilines is 3. The van der Waals surface area contributed by atoms with Crippen LogP contribution in [0.3, 0.4) is 0 Å². The summed E-state index contributed by atoms with van der Waals surface area (Å²) in [7, 11) is 0. The molecule has 0 unspecified atom stereocenters. The zero-order chi connectivity index (χ0) is 12.8. The number of pyridine rings is 1. The molecular weight excluding hydrogens is 222 g/mol. The van der Waals surface area contributed by atoms with Crippen molar-refractivity contribution in [1.29, 1.82) is 0 Å². The van der Waals surface area contributed by atoms with E-state index < -0.39 is 0 Å². The van der Waals surface area contributed by atoms with Crippen LogP contribution in [0.1, 0.15) is 13.8 Å². The monoisotopic (exact) mass is 241 g/mol. The summed E-state index contributed by atoms with van der Waals surface area (Å²) >= 11 is 0. The van der Waals surface area contributed by atoms with Crippen LogP contribution in [0.4, 0.5) is 17.1 Å². The molecule has 1 N–H and O–H groups in total. The third-order valence-corrected chi connectivity index (χ3v) is 2.96. The van der Waals surface area contributed by atoms with Gasteiger partial charge in [0, 0.05) is 42.5 Å². The molecule has 1 aromatic carbocycles. The second-order valence-electron chi connectivity index (χ2n) is 4.08. The highest BCUT2D eigenvalue weighted by Crippen LogP contribution is 2.20. The van der Waals surface area contributed by atoms with Crippen molar-refractivity contribution in [2.24, 2.45) is 0 Å². The molecule has 0 saturated carbocycles. The molecule has 0 aliphatic carbocycles. The first-order chi connectivity index (χ1) is 8.83. The van der Waals surface area contributed by atoms with E-state index >= 15 is 0 Å². The van der Waals surface area contributed by atoms with Gasteiger partial charge in [0.15, 0.2) is 0 Å². The molecule has 0 saturated heterocycles. The second kappa shape index (κ2) is 6.05. The molecule has 0 spiro atoms. The van der Waals surface area contributed by atoms with Crippen LogP contribution < -0.4 is 10.2 Å². The second-order valence-corrected chi connectivity index (χ2v) is 4.08. The molecule has 3 heteroatoms. The van der Waals surface area contributed by atoms with Gasteiger partial charge in [-0.1, -0.05) is 0 Å².